The Morgan fingerprint density at radius 1 is 1.21 bits per heavy atom. The summed E-state index contributed by atoms with van der Waals surface area (Å²) in [5.41, 5.74) is -0.942. The Labute approximate surface area is 137 Å². The molecule has 1 N–H and O–H groups in total. The minimum Gasteiger partial charge on any atom is -0.385 e. The molecule has 130 valence electrons. The second-order valence-electron chi connectivity index (χ2n) is 5.91. The van der Waals surface area contributed by atoms with Crippen molar-refractivity contribution in [1.82, 2.24) is 19.5 Å². The number of piperidine rings is 1. The largest absolute Gasteiger partial charge is 0.433 e. The van der Waals surface area contributed by atoms with Gasteiger partial charge in [0.1, 0.15) is 17.6 Å². The summed E-state index contributed by atoms with van der Waals surface area (Å²) < 4.78 is 40.0. The summed E-state index contributed by atoms with van der Waals surface area (Å²) in [6, 6.07) is 0.862. The smallest absolute Gasteiger partial charge is 0.385 e. The zero-order valence-corrected chi connectivity index (χ0v) is 13.1. The Balaban J connectivity index is 1.66. The van der Waals surface area contributed by atoms with E-state index in [0.29, 0.717) is 31.8 Å². The predicted molar refractivity (Wildman–Crippen MR) is 80.1 cm³/mol. The minimum atomic E-state index is -4.48. The number of hydrogen-bond donors (Lipinski definition) is 1. The third-order valence-electron chi connectivity index (χ3n) is 4.33. The molecule has 0 amide bonds. The predicted octanol–water partition coefficient (Wildman–Crippen LogP) is 2.18. The van der Waals surface area contributed by atoms with Gasteiger partial charge in [-0.1, -0.05) is 0 Å². The van der Waals surface area contributed by atoms with Crippen LogP contribution >= 0.6 is 0 Å². The van der Waals surface area contributed by atoms with Gasteiger partial charge in [-0.3, -0.25) is 0 Å². The molecule has 1 aliphatic heterocycles. The summed E-state index contributed by atoms with van der Waals surface area (Å²) in [5, 5.41) is 10.4. The molecule has 9 heteroatoms. The molecule has 1 atom stereocenters. The number of aliphatic hydroxyl groups is 1. The number of aromatic nitrogens is 4. The van der Waals surface area contributed by atoms with Crippen LogP contribution in [0.2, 0.25) is 0 Å². The molecular formula is C15H18F3N5O. The molecule has 6 nitrogen and oxygen atoms in total. The molecule has 1 fully saturated rings. The summed E-state index contributed by atoms with van der Waals surface area (Å²) >= 11 is 0. The third kappa shape index (κ3) is 3.35. The molecule has 2 aromatic heterocycles. The molecular weight excluding hydrogens is 323 g/mol. The summed E-state index contributed by atoms with van der Waals surface area (Å²) in [6.07, 6.45) is 0.620. The van der Waals surface area contributed by atoms with Crippen molar-refractivity contribution in [3.05, 3.63) is 36.2 Å². The Hall–Kier alpha value is -2.16. The standard InChI is InChI=1S/C15H18F3N5O/c1-22-9-6-19-13(22)12(24)10-3-7-23(8-4-10)14-20-5-2-11(21-14)15(16,17)18/h2,5-6,9-10,12,24H,3-4,7-8H2,1H3. The van der Waals surface area contributed by atoms with E-state index in [0.717, 1.165) is 12.3 Å². The van der Waals surface area contributed by atoms with Crippen LogP contribution in [0.15, 0.2) is 24.7 Å². The molecule has 24 heavy (non-hydrogen) atoms. The van der Waals surface area contributed by atoms with Crippen molar-refractivity contribution < 1.29 is 18.3 Å². The van der Waals surface area contributed by atoms with E-state index in [4.69, 9.17) is 0 Å². The number of rotatable bonds is 3. The molecule has 0 aliphatic carbocycles. The molecule has 1 unspecified atom stereocenters. The topological polar surface area (TPSA) is 67.1 Å². The maximum atomic E-state index is 12.7. The Morgan fingerprint density at radius 2 is 1.92 bits per heavy atom. The van der Waals surface area contributed by atoms with Crippen LogP contribution in [0.25, 0.3) is 0 Å². The van der Waals surface area contributed by atoms with Crippen molar-refractivity contribution in [3.8, 4) is 0 Å². The van der Waals surface area contributed by atoms with Crippen LogP contribution in [-0.4, -0.2) is 37.7 Å². The number of anilines is 1. The van der Waals surface area contributed by atoms with Crippen molar-refractivity contribution in [2.45, 2.75) is 25.1 Å². The SMILES string of the molecule is Cn1ccnc1C(O)C1CCN(c2nccc(C(F)(F)F)n2)CC1. The number of imidazole rings is 1. The van der Waals surface area contributed by atoms with Crippen LogP contribution in [0.4, 0.5) is 19.1 Å². The monoisotopic (exact) mass is 341 g/mol. The molecule has 3 heterocycles. The number of aryl methyl sites for hydroxylation is 1. The summed E-state index contributed by atoms with van der Waals surface area (Å²) in [7, 11) is 1.82. The number of alkyl halides is 3. The lowest BCUT2D eigenvalue weighted by Crippen LogP contribution is -2.37. The van der Waals surface area contributed by atoms with Crippen LogP contribution in [-0.2, 0) is 13.2 Å². The first-order valence-electron chi connectivity index (χ1n) is 7.66. The van der Waals surface area contributed by atoms with E-state index in [9.17, 15) is 18.3 Å². The van der Waals surface area contributed by atoms with Gasteiger partial charge in [0.15, 0.2) is 0 Å². The van der Waals surface area contributed by atoms with E-state index < -0.39 is 18.0 Å². The van der Waals surface area contributed by atoms with Gasteiger partial charge in [0.25, 0.3) is 0 Å². The number of aliphatic hydroxyl groups excluding tert-OH is 1. The summed E-state index contributed by atoms with van der Waals surface area (Å²) in [4.78, 5) is 13.4. The number of nitrogens with zero attached hydrogens (tertiary/aromatic N) is 5. The first-order valence-corrected chi connectivity index (χ1v) is 7.66. The first-order chi connectivity index (χ1) is 11.4. The van der Waals surface area contributed by atoms with Crippen LogP contribution < -0.4 is 4.90 Å². The average molecular weight is 341 g/mol. The van der Waals surface area contributed by atoms with Crippen molar-refractivity contribution in [2.75, 3.05) is 18.0 Å². The zero-order chi connectivity index (χ0) is 17.3. The number of halogens is 3. The first kappa shape index (κ1) is 16.7. The Morgan fingerprint density at radius 3 is 2.50 bits per heavy atom. The molecule has 0 radical (unpaired) electrons. The Kier molecular flexibility index (Phi) is 4.44. The summed E-state index contributed by atoms with van der Waals surface area (Å²) in [6.45, 7) is 0.987. The lowest BCUT2D eigenvalue weighted by atomic mass is 9.91. The molecule has 0 saturated carbocycles. The minimum absolute atomic E-state index is 0.00755. The van der Waals surface area contributed by atoms with Gasteiger partial charge < -0.3 is 14.6 Å². The van der Waals surface area contributed by atoms with Crippen LogP contribution in [0.3, 0.4) is 0 Å². The van der Waals surface area contributed by atoms with E-state index in [-0.39, 0.29) is 11.9 Å². The van der Waals surface area contributed by atoms with Crippen molar-refractivity contribution in [1.29, 1.82) is 0 Å². The molecule has 1 aliphatic rings. The molecule has 0 bridgehead atoms. The fraction of sp³-hybridized carbons (Fsp3) is 0.533. The zero-order valence-electron chi connectivity index (χ0n) is 13.1. The van der Waals surface area contributed by atoms with Gasteiger partial charge >= 0.3 is 6.18 Å². The molecule has 2 aromatic rings. The average Bonchev–Trinajstić information content (AvgIpc) is 3.00. The van der Waals surface area contributed by atoms with Crippen molar-refractivity contribution >= 4 is 5.95 Å². The molecule has 1 saturated heterocycles. The van der Waals surface area contributed by atoms with E-state index in [1.54, 1.807) is 21.9 Å². The van der Waals surface area contributed by atoms with Gasteiger partial charge in [-0.15, -0.1) is 0 Å². The maximum Gasteiger partial charge on any atom is 0.433 e. The highest BCUT2D eigenvalue weighted by Gasteiger charge is 2.34. The maximum absolute atomic E-state index is 12.7. The lowest BCUT2D eigenvalue weighted by Gasteiger charge is -2.34. The summed E-state index contributed by atoms with van der Waals surface area (Å²) in [5.74, 6) is 0.687. The fourth-order valence-corrected chi connectivity index (χ4v) is 2.95. The Bertz CT molecular complexity index is 694. The molecule has 0 aromatic carbocycles. The van der Waals surface area contributed by atoms with Crippen molar-refractivity contribution in [2.24, 2.45) is 13.0 Å². The van der Waals surface area contributed by atoms with Crippen LogP contribution in [0.1, 0.15) is 30.5 Å². The van der Waals surface area contributed by atoms with E-state index in [1.807, 2.05) is 7.05 Å². The van der Waals surface area contributed by atoms with Gasteiger partial charge in [-0.2, -0.15) is 13.2 Å². The van der Waals surface area contributed by atoms with Crippen molar-refractivity contribution in [3.63, 3.8) is 0 Å². The lowest BCUT2D eigenvalue weighted by molar-refractivity contribution is -0.141. The van der Waals surface area contributed by atoms with E-state index in [2.05, 4.69) is 15.0 Å². The number of hydrogen-bond acceptors (Lipinski definition) is 5. The fourth-order valence-electron chi connectivity index (χ4n) is 2.95. The quantitative estimate of drug-likeness (QED) is 0.927. The normalized spacial score (nSPS) is 18.0. The highest BCUT2D eigenvalue weighted by molar-refractivity contribution is 5.31. The van der Waals surface area contributed by atoms with Gasteiger partial charge in [0.05, 0.1) is 0 Å². The van der Waals surface area contributed by atoms with E-state index in [1.165, 1.54) is 0 Å². The highest BCUT2D eigenvalue weighted by Crippen LogP contribution is 2.32. The van der Waals surface area contributed by atoms with Gasteiger partial charge in [0, 0.05) is 38.7 Å². The molecule has 0 spiro atoms. The highest BCUT2D eigenvalue weighted by atomic mass is 19.4. The third-order valence-corrected chi connectivity index (χ3v) is 4.33. The second kappa shape index (κ2) is 6.39. The van der Waals surface area contributed by atoms with Gasteiger partial charge in [0.2, 0.25) is 5.95 Å². The van der Waals surface area contributed by atoms with Gasteiger partial charge in [-0.25, -0.2) is 15.0 Å². The second-order valence-corrected chi connectivity index (χ2v) is 5.91. The van der Waals surface area contributed by atoms with E-state index >= 15 is 0 Å². The van der Waals surface area contributed by atoms with Crippen LogP contribution in [0, 0.1) is 5.92 Å². The molecule has 3 rings (SSSR count). The van der Waals surface area contributed by atoms with Gasteiger partial charge in [-0.05, 0) is 24.8 Å². The van der Waals surface area contributed by atoms with Crippen LogP contribution in [0.5, 0.6) is 0 Å².